The highest BCUT2D eigenvalue weighted by Crippen LogP contribution is 2.16. The zero-order chi connectivity index (χ0) is 11.4. The zero-order valence-electron chi connectivity index (χ0n) is 10.1. The molecular formula is C13H22N2O. The van der Waals surface area contributed by atoms with E-state index in [1.165, 1.54) is 18.5 Å². The van der Waals surface area contributed by atoms with E-state index in [1.54, 1.807) is 0 Å². The van der Waals surface area contributed by atoms with Crippen molar-refractivity contribution in [2.75, 3.05) is 6.61 Å². The van der Waals surface area contributed by atoms with Gasteiger partial charge in [-0.05, 0) is 31.4 Å². The van der Waals surface area contributed by atoms with Crippen LogP contribution in [0, 0.1) is 0 Å². The second kappa shape index (κ2) is 5.51. The van der Waals surface area contributed by atoms with Crippen molar-refractivity contribution in [3.63, 3.8) is 0 Å². The molecule has 1 saturated heterocycles. The summed E-state index contributed by atoms with van der Waals surface area (Å²) in [5.41, 5.74) is 7.33. The predicted molar refractivity (Wildman–Crippen MR) is 65.4 cm³/mol. The molecule has 0 aromatic carbocycles. The topological polar surface area (TPSA) is 40.2 Å². The third kappa shape index (κ3) is 2.86. The molecule has 3 heteroatoms. The molecule has 1 aliphatic heterocycles. The lowest BCUT2D eigenvalue weighted by molar-refractivity contribution is 0.0964. The van der Waals surface area contributed by atoms with Crippen LogP contribution in [0.1, 0.15) is 31.9 Å². The molecule has 3 nitrogen and oxygen atoms in total. The number of hydrogen-bond acceptors (Lipinski definition) is 2. The van der Waals surface area contributed by atoms with E-state index in [2.05, 4.69) is 29.8 Å². The molecule has 16 heavy (non-hydrogen) atoms. The highest BCUT2D eigenvalue weighted by atomic mass is 16.5. The first kappa shape index (κ1) is 11.7. The van der Waals surface area contributed by atoms with Crippen LogP contribution in [-0.4, -0.2) is 23.3 Å². The highest BCUT2D eigenvalue weighted by Gasteiger charge is 2.17. The van der Waals surface area contributed by atoms with Crippen molar-refractivity contribution in [1.82, 2.24) is 4.57 Å². The number of rotatable bonds is 5. The minimum Gasteiger partial charge on any atom is -0.376 e. The molecule has 0 bridgehead atoms. The fourth-order valence-electron chi connectivity index (χ4n) is 2.23. The summed E-state index contributed by atoms with van der Waals surface area (Å²) in [5.74, 6) is 0. The summed E-state index contributed by atoms with van der Waals surface area (Å²) in [7, 11) is 0. The largest absolute Gasteiger partial charge is 0.376 e. The number of ether oxygens (including phenoxy) is 1. The van der Waals surface area contributed by atoms with Crippen molar-refractivity contribution < 1.29 is 4.74 Å². The Morgan fingerprint density at radius 2 is 2.50 bits per heavy atom. The molecule has 2 unspecified atom stereocenters. The first-order chi connectivity index (χ1) is 7.79. The third-order valence-electron chi connectivity index (χ3n) is 3.34. The van der Waals surface area contributed by atoms with Gasteiger partial charge in [-0.3, -0.25) is 0 Å². The van der Waals surface area contributed by atoms with Gasteiger partial charge in [-0.1, -0.05) is 6.92 Å². The summed E-state index contributed by atoms with van der Waals surface area (Å²) in [6.45, 7) is 4.05. The molecule has 2 N–H and O–H groups in total. The van der Waals surface area contributed by atoms with Crippen molar-refractivity contribution in [2.45, 2.75) is 51.3 Å². The summed E-state index contributed by atoms with van der Waals surface area (Å²) in [6, 6.07) is 4.55. The normalized spacial score (nSPS) is 22.5. The Morgan fingerprint density at radius 1 is 1.62 bits per heavy atom. The van der Waals surface area contributed by atoms with E-state index in [0.717, 1.165) is 26.0 Å². The van der Waals surface area contributed by atoms with E-state index in [-0.39, 0.29) is 6.04 Å². The summed E-state index contributed by atoms with van der Waals surface area (Å²) in [4.78, 5) is 0. The third-order valence-corrected chi connectivity index (χ3v) is 3.34. The van der Waals surface area contributed by atoms with Gasteiger partial charge in [-0.15, -0.1) is 0 Å². The van der Waals surface area contributed by atoms with Gasteiger partial charge in [0.25, 0.3) is 0 Å². The maximum Gasteiger partial charge on any atom is 0.0754 e. The molecule has 1 fully saturated rings. The lowest BCUT2D eigenvalue weighted by atomic mass is 10.1. The van der Waals surface area contributed by atoms with Gasteiger partial charge < -0.3 is 15.0 Å². The molecule has 2 rings (SSSR count). The summed E-state index contributed by atoms with van der Waals surface area (Å²) < 4.78 is 7.96. The molecule has 1 aromatic rings. The van der Waals surface area contributed by atoms with Gasteiger partial charge in [-0.25, -0.2) is 0 Å². The lowest BCUT2D eigenvalue weighted by Gasteiger charge is -2.16. The van der Waals surface area contributed by atoms with Gasteiger partial charge in [0.05, 0.1) is 6.10 Å². The first-order valence-electron chi connectivity index (χ1n) is 6.30. The smallest absolute Gasteiger partial charge is 0.0754 e. The van der Waals surface area contributed by atoms with E-state index in [0.29, 0.717) is 6.10 Å². The minimum atomic E-state index is 0.276. The van der Waals surface area contributed by atoms with Crippen molar-refractivity contribution in [2.24, 2.45) is 5.73 Å². The van der Waals surface area contributed by atoms with E-state index in [9.17, 15) is 0 Å². The molecule has 0 amide bonds. The van der Waals surface area contributed by atoms with E-state index < -0.39 is 0 Å². The highest BCUT2D eigenvalue weighted by molar-refractivity contribution is 5.09. The summed E-state index contributed by atoms with van der Waals surface area (Å²) >= 11 is 0. The second-order valence-electron chi connectivity index (χ2n) is 4.66. The Hall–Kier alpha value is -0.800. The molecule has 2 atom stereocenters. The van der Waals surface area contributed by atoms with E-state index >= 15 is 0 Å². The first-order valence-corrected chi connectivity index (χ1v) is 6.30. The van der Waals surface area contributed by atoms with Crippen LogP contribution in [-0.2, 0) is 17.7 Å². The average Bonchev–Trinajstić information content (AvgIpc) is 2.92. The Bertz CT molecular complexity index is 315. The molecular weight excluding hydrogens is 200 g/mol. The second-order valence-corrected chi connectivity index (χ2v) is 4.66. The van der Waals surface area contributed by atoms with Crippen LogP contribution in [0.5, 0.6) is 0 Å². The predicted octanol–water partition coefficient (Wildman–Crippen LogP) is 1.95. The van der Waals surface area contributed by atoms with Crippen LogP contribution >= 0.6 is 0 Å². The standard InChI is InChI=1S/C13H22N2O/c1-2-11(14)9-12-5-3-7-15(12)10-13-6-4-8-16-13/h3,5,7,11,13H,2,4,6,8-10,14H2,1H3. The molecule has 0 saturated carbocycles. The van der Waals surface area contributed by atoms with Crippen LogP contribution in [0.4, 0.5) is 0 Å². The fraction of sp³-hybridized carbons (Fsp3) is 0.692. The van der Waals surface area contributed by atoms with Gasteiger partial charge in [0.2, 0.25) is 0 Å². The van der Waals surface area contributed by atoms with Crippen molar-refractivity contribution in [3.05, 3.63) is 24.0 Å². The molecule has 1 aromatic heterocycles. The minimum absolute atomic E-state index is 0.276. The molecule has 0 spiro atoms. The maximum absolute atomic E-state index is 6.00. The lowest BCUT2D eigenvalue weighted by Crippen LogP contribution is -2.24. The number of hydrogen-bond donors (Lipinski definition) is 1. The van der Waals surface area contributed by atoms with Gasteiger partial charge >= 0.3 is 0 Å². The van der Waals surface area contributed by atoms with Gasteiger partial charge in [-0.2, -0.15) is 0 Å². The average molecular weight is 222 g/mol. The van der Waals surface area contributed by atoms with Crippen molar-refractivity contribution >= 4 is 0 Å². The Kier molecular flexibility index (Phi) is 4.02. The Morgan fingerprint density at radius 3 is 3.19 bits per heavy atom. The van der Waals surface area contributed by atoms with E-state index in [4.69, 9.17) is 10.5 Å². The monoisotopic (exact) mass is 222 g/mol. The molecule has 1 aliphatic rings. The van der Waals surface area contributed by atoms with Gasteiger partial charge in [0.1, 0.15) is 0 Å². The quantitative estimate of drug-likeness (QED) is 0.827. The van der Waals surface area contributed by atoms with E-state index in [1.807, 2.05) is 0 Å². The van der Waals surface area contributed by atoms with Crippen molar-refractivity contribution in [1.29, 1.82) is 0 Å². The summed E-state index contributed by atoms with van der Waals surface area (Å²) in [6.07, 6.45) is 6.94. The van der Waals surface area contributed by atoms with Crippen LogP contribution < -0.4 is 5.73 Å². The molecule has 90 valence electrons. The molecule has 0 radical (unpaired) electrons. The van der Waals surface area contributed by atoms with Crippen LogP contribution in [0.3, 0.4) is 0 Å². The molecule has 2 heterocycles. The van der Waals surface area contributed by atoms with Gasteiger partial charge in [0.15, 0.2) is 0 Å². The summed E-state index contributed by atoms with van der Waals surface area (Å²) in [5, 5.41) is 0. The zero-order valence-corrected chi connectivity index (χ0v) is 10.1. The van der Waals surface area contributed by atoms with Crippen LogP contribution in [0.2, 0.25) is 0 Å². The maximum atomic E-state index is 6.00. The van der Waals surface area contributed by atoms with Gasteiger partial charge in [0, 0.05) is 37.5 Å². The SMILES string of the molecule is CCC(N)Cc1cccn1CC1CCCO1. The number of aromatic nitrogens is 1. The van der Waals surface area contributed by atoms with Crippen LogP contribution in [0.25, 0.3) is 0 Å². The number of nitrogens with two attached hydrogens (primary N) is 1. The van der Waals surface area contributed by atoms with Crippen LogP contribution in [0.15, 0.2) is 18.3 Å². The Balaban J connectivity index is 1.95. The fourth-order valence-corrected chi connectivity index (χ4v) is 2.23. The Labute approximate surface area is 97.6 Å². The molecule has 0 aliphatic carbocycles. The van der Waals surface area contributed by atoms with Crippen molar-refractivity contribution in [3.8, 4) is 0 Å². The number of nitrogens with zero attached hydrogens (tertiary/aromatic N) is 1.